The first kappa shape index (κ1) is 15.2. The molecule has 1 saturated heterocycles. The van der Waals surface area contributed by atoms with Gasteiger partial charge in [-0.25, -0.2) is 0 Å². The van der Waals surface area contributed by atoms with Gasteiger partial charge in [0, 0.05) is 50.2 Å². The number of hydrogen-bond acceptors (Lipinski definition) is 4. The highest BCUT2D eigenvalue weighted by atomic mass is 32.1. The van der Waals surface area contributed by atoms with Crippen LogP contribution in [0.2, 0.25) is 0 Å². The van der Waals surface area contributed by atoms with Crippen LogP contribution in [0.1, 0.15) is 17.0 Å². The highest BCUT2D eigenvalue weighted by Gasteiger charge is 2.21. The second-order valence-electron chi connectivity index (χ2n) is 5.56. The summed E-state index contributed by atoms with van der Waals surface area (Å²) >= 11 is 1.73. The van der Waals surface area contributed by atoms with Crippen LogP contribution in [0.4, 0.5) is 0 Å². The second kappa shape index (κ2) is 7.51. The molecule has 0 radical (unpaired) electrons. The van der Waals surface area contributed by atoms with E-state index in [0.717, 1.165) is 44.8 Å². The molecule has 116 valence electrons. The molecular formula is C17H21N3OS. The standard InChI is InChI=1S/C17H21N3OS/c21-17(7-6-16-5-3-13-22-16)20-11-9-19(10-12-20)14-15-4-1-2-8-18-15/h1-5,8,13H,6-7,9-12,14H2. The zero-order chi connectivity index (χ0) is 15.2. The lowest BCUT2D eigenvalue weighted by Crippen LogP contribution is -2.48. The lowest BCUT2D eigenvalue weighted by Gasteiger charge is -2.34. The molecule has 4 nitrogen and oxygen atoms in total. The predicted octanol–water partition coefficient (Wildman–Crippen LogP) is 2.42. The van der Waals surface area contributed by atoms with Gasteiger partial charge in [0.15, 0.2) is 0 Å². The maximum atomic E-state index is 12.3. The number of rotatable bonds is 5. The van der Waals surface area contributed by atoms with Crippen molar-refractivity contribution >= 4 is 17.2 Å². The summed E-state index contributed by atoms with van der Waals surface area (Å²) in [6.07, 6.45) is 3.32. The highest BCUT2D eigenvalue weighted by molar-refractivity contribution is 7.09. The number of pyridine rings is 1. The molecule has 0 spiro atoms. The van der Waals surface area contributed by atoms with E-state index in [4.69, 9.17) is 0 Å². The molecule has 22 heavy (non-hydrogen) atoms. The second-order valence-corrected chi connectivity index (χ2v) is 6.59. The van der Waals surface area contributed by atoms with E-state index in [2.05, 4.69) is 27.4 Å². The Balaban J connectivity index is 1.42. The van der Waals surface area contributed by atoms with Crippen molar-refractivity contribution in [3.8, 4) is 0 Å². The summed E-state index contributed by atoms with van der Waals surface area (Å²) in [5, 5.41) is 2.07. The number of aryl methyl sites for hydroxylation is 1. The van der Waals surface area contributed by atoms with Crippen molar-refractivity contribution in [3.05, 3.63) is 52.5 Å². The fourth-order valence-electron chi connectivity index (χ4n) is 2.72. The smallest absolute Gasteiger partial charge is 0.223 e. The number of carbonyl (C=O) groups is 1. The van der Waals surface area contributed by atoms with Crippen molar-refractivity contribution in [2.24, 2.45) is 0 Å². The summed E-state index contributed by atoms with van der Waals surface area (Å²) in [7, 11) is 0. The monoisotopic (exact) mass is 315 g/mol. The van der Waals surface area contributed by atoms with Crippen LogP contribution in [0.15, 0.2) is 41.9 Å². The van der Waals surface area contributed by atoms with E-state index in [-0.39, 0.29) is 5.91 Å². The van der Waals surface area contributed by atoms with Crippen LogP contribution >= 0.6 is 11.3 Å². The van der Waals surface area contributed by atoms with Crippen LogP contribution in [0, 0.1) is 0 Å². The van der Waals surface area contributed by atoms with Gasteiger partial charge >= 0.3 is 0 Å². The molecule has 0 atom stereocenters. The van der Waals surface area contributed by atoms with Crippen LogP contribution in [0.3, 0.4) is 0 Å². The van der Waals surface area contributed by atoms with Crippen molar-refractivity contribution in [1.82, 2.24) is 14.8 Å². The maximum absolute atomic E-state index is 12.3. The molecule has 0 bridgehead atoms. The SMILES string of the molecule is O=C(CCc1cccs1)N1CCN(Cc2ccccn2)CC1. The Bertz CT molecular complexity index is 577. The highest BCUT2D eigenvalue weighted by Crippen LogP contribution is 2.13. The Morgan fingerprint density at radius 1 is 1.14 bits per heavy atom. The molecule has 1 aliphatic heterocycles. The van der Waals surface area contributed by atoms with Gasteiger partial charge < -0.3 is 4.90 Å². The molecule has 3 rings (SSSR count). The first-order chi connectivity index (χ1) is 10.8. The van der Waals surface area contributed by atoms with Gasteiger partial charge in [-0.1, -0.05) is 12.1 Å². The van der Waals surface area contributed by atoms with Gasteiger partial charge in [0.05, 0.1) is 5.69 Å². The van der Waals surface area contributed by atoms with E-state index in [1.807, 2.05) is 29.3 Å². The van der Waals surface area contributed by atoms with E-state index in [0.29, 0.717) is 6.42 Å². The normalized spacial score (nSPS) is 15.9. The summed E-state index contributed by atoms with van der Waals surface area (Å²) in [4.78, 5) is 22.3. The van der Waals surface area contributed by atoms with Crippen LogP contribution in [-0.2, 0) is 17.8 Å². The molecule has 0 aromatic carbocycles. The molecule has 3 heterocycles. The number of amides is 1. The molecule has 1 amide bonds. The lowest BCUT2D eigenvalue weighted by molar-refractivity contribution is -0.132. The fraction of sp³-hybridized carbons (Fsp3) is 0.412. The number of hydrogen-bond donors (Lipinski definition) is 0. The Kier molecular flexibility index (Phi) is 5.19. The third-order valence-corrected chi connectivity index (χ3v) is 4.94. The Hall–Kier alpha value is -1.72. The number of nitrogens with zero attached hydrogens (tertiary/aromatic N) is 3. The molecule has 0 N–H and O–H groups in total. The Morgan fingerprint density at radius 2 is 2.00 bits per heavy atom. The number of piperazine rings is 1. The van der Waals surface area contributed by atoms with Crippen molar-refractivity contribution in [1.29, 1.82) is 0 Å². The molecule has 0 unspecified atom stereocenters. The Labute approximate surface area is 135 Å². The quantitative estimate of drug-likeness (QED) is 0.850. The molecule has 5 heteroatoms. The first-order valence-electron chi connectivity index (χ1n) is 7.74. The van der Waals surface area contributed by atoms with E-state index >= 15 is 0 Å². The van der Waals surface area contributed by atoms with E-state index in [1.165, 1.54) is 4.88 Å². The predicted molar refractivity (Wildman–Crippen MR) is 88.7 cm³/mol. The molecule has 1 fully saturated rings. The zero-order valence-corrected chi connectivity index (χ0v) is 13.5. The van der Waals surface area contributed by atoms with Gasteiger partial charge in [0.25, 0.3) is 0 Å². The molecular weight excluding hydrogens is 294 g/mol. The number of aromatic nitrogens is 1. The summed E-state index contributed by atoms with van der Waals surface area (Å²) in [6.45, 7) is 4.40. The molecule has 1 aliphatic rings. The van der Waals surface area contributed by atoms with Gasteiger partial charge in [0.1, 0.15) is 0 Å². The molecule has 0 aliphatic carbocycles. The zero-order valence-electron chi connectivity index (χ0n) is 12.6. The third kappa shape index (κ3) is 4.15. The van der Waals surface area contributed by atoms with Crippen LogP contribution < -0.4 is 0 Å². The van der Waals surface area contributed by atoms with Crippen molar-refractivity contribution in [3.63, 3.8) is 0 Å². The summed E-state index contributed by atoms with van der Waals surface area (Å²) in [5.41, 5.74) is 1.10. The van der Waals surface area contributed by atoms with Crippen molar-refractivity contribution < 1.29 is 4.79 Å². The van der Waals surface area contributed by atoms with Gasteiger partial charge in [-0.05, 0) is 30.0 Å². The summed E-state index contributed by atoms with van der Waals surface area (Å²) < 4.78 is 0. The maximum Gasteiger partial charge on any atom is 0.223 e. The average Bonchev–Trinajstić information content (AvgIpc) is 3.08. The van der Waals surface area contributed by atoms with Crippen molar-refractivity contribution in [2.45, 2.75) is 19.4 Å². The van der Waals surface area contributed by atoms with Gasteiger partial charge in [-0.3, -0.25) is 14.7 Å². The third-order valence-electron chi connectivity index (χ3n) is 4.00. The van der Waals surface area contributed by atoms with Crippen LogP contribution in [0.25, 0.3) is 0 Å². The average molecular weight is 315 g/mol. The van der Waals surface area contributed by atoms with E-state index in [1.54, 1.807) is 11.3 Å². The molecule has 0 saturated carbocycles. The minimum atomic E-state index is 0.283. The van der Waals surface area contributed by atoms with Gasteiger partial charge in [-0.15, -0.1) is 11.3 Å². The van der Waals surface area contributed by atoms with Crippen LogP contribution in [0.5, 0.6) is 0 Å². The van der Waals surface area contributed by atoms with E-state index in [9.17, 15) is 4.79 Å². The summed E-state index contributed by atoms with van der Waals surface area (Å²) in [5.74, 6) is 0.283. The largest absolute Gasteiger partial charge is 0.340 e. The number of carbonyl (C=O) groups excluding carboxylic acids is 1. The minimum absolute atomic E-state index is 0.283. The number of thiophene rings is 1. The Morgan fingerprint density at radius 3 is 2.68 bits per heavy atom. The van der Waals surface area contributed by atoms with Gasteiger partial charge in [-0.2, -0.15) is 0 Å². The van der Waals surface area contributed by atoms with Crippen LogP contribution in [-0.4, -0.2) is 46.9 Å². The molecule has 2 aromatic rings. The summed E-state index contributed by atoms with van der Waals surface area (Å²) in [6, 6.07) is 10.2. The van der Waals surface area contributed by atoms with Gasteiger partial charge in [0.2, 0.25) is 5.91 Å². The topological polar surface area (TPSA) is 36.4 Å². The lowest BCUT2D eigenvalue weighted by atomic mass is 10.2. The molecule has 2 aromatic heterocycles. The van der Waals surface area contributed by atoms with E-state index < -0.39 is 0 Å². The van der Waals surface area contributed by atoms with Crippen molar-refractivity contribution in [2.75, 3.05) is 26.2 Å². The minimum Gasteiger partial charge on any atom is -0.340 e. The fourth-order valence-corrected chi connectivity index (χ4v) is 3.43. The first-order valence-corrected chi connectivity index (χ1v) is 8.61.